The van der Waals surface area contributed by atoms with E-state index < -0.39 is 9.84 Å². The van der Waals surface area contributed by atoms with Crippen molar-refractivity contribution in [3.8, 4) is 16.5 Å². The summed E-state index contributed by atoms with van der Waals surface area (Å²) in [6.07, 6.45) is 6.23. The van der Waals surface area contributed by atoms with Gasteiger partial charge in [0.05, 0.1) is 33.2 Å². The summed E-state index contributed by atoms with van der Waals surface area (Å²) < 4.78 is 23.5. The van der Waals surface area contributed by atoms with E-state index in [4.69, 9.17) is 10.2 Å². The zero-order valence-electron chi connectivity index (χ0n) is 19.2. The third kappa shape index (κ3) is 4.98. The van der Waals surface area contributed by atoms with Gasteiger partial charge < -0.3 is 10.2 Å². The van der Waals surface area contributed by atoms with E-state index in [1.165, 1.54) is 17.8 Å². The molecule has 2 atom stereocenters. The van der Waals surface area contributed by atoms with E-state index in [2.05, 4.69) is 34.5 Å². The second kappa shape index (κ2) is 9.67. The van der Waals surface area contributed by atoms with Crippen LogP contribution in [0.15, 0.2) is 24.3 Å². The number of benzene rings is 1. The fourth-order valence-corrected chi connectivity index (χ4v) is 7.65. The number of thiazole rings is 1. The lowest BCUT2D eigenvalue weighted by Crippen LogP contribution is -2.40. The highest BCUT2D eigenvalue weighted by Crippen LogP contribution is 2.49. The zero-order chi connectivity index (χ0) is 23.7. The van der Waals surface area contributed by atoms with Crippen molar-refractivity contribution >= 4 is 32.8 Å². The molecule has 5 rings (SSSR count). The molecule has 3 aliphatic rings. The van der Waals surface area contributed by atoms with E-state index in [1.807, 2.05) is 6.07 Å². The number of rotatable bonds is 6. The topological polar surface area (TPSA) is 103 Å². The maximum Gasteiger partial charge on any atom is 0.224 e. The largest absolute Gasteiger partial charge is 0.369 e. The van der Waals surface area contributed by atoms with Crippen LogP contribution in [0.25, 0.3) is 10.4 Å². The average molecular weight is 499 g/mol. The van der Waals surface area contributed by atoms with Crippen LogP contribution in [0.5, 0.6) is 0 Å². The molecule has 7 nitrogen and oxygen atoms in total. The Morgan fingerprint density at radius 2 is 1.82 bits per heavy atom. The highest BCUT2D eigenvalue weighted by molar-refractivity contribution is 7.91. The minimum absolute atomic E-state index is 0.0337. The minimum atomic E-state index is -2.91. The Hall–Kier alpha value is -2.44. The summed E-state index contributed by atoms with van der Waals surface area (Å²) in [5.41, 5.74) is 3.19. The second-order valence-electron chi connectivity index (χ2n) is 9.60. The van der Waals surface area contributed by atoms with Crippen molar-refractivity contribution in [3.63, 3.8) is 0 Å². The molecule has 2 aliphatic carbocycles. The van der Waals surface area contributed by atoms with Crippen LogP contribution in [0, 0.1) is 17.2 Å². The third-order valence-corrected chi connectivity index (χ3v) is 10.1. The molecular weight excluding hydrogens is 468 g/mol. The number of hydrogen-bond acceptors (Lipinski definition) is 7. The highest BCUT2D eigenvalue weighted by atomic mass is 32.2. The quantitative estimate of drug-likeness (QED) is 0.607. The summed E-state index contributed by atoms with van der Waals surface area (Å²) in [4.78, 5) is 21.3. The van der Waals surface area contributed by atoms with E-state index in [1.54, 1.807) is 11.3 Å². The summed E-state index contributed by atoms with van der Waals surface area (Å²) >= 11 is 1.76. The van der Waals surface area contributed by atoms with Gasteiger partial charge in [-0.3, -0.25) is 4.79 Å². The second-order valence-corrected chi connectivity index (χ2v) is 12.9. The first kappa shape index (κ1) is 23.3. The van der Waals surface area contributed by atoms with Gasteiger partial charge in [-0.2, -0.15) is 5.26 Å². The lowest BCUT2D eigenvalue weighted by molar-refractivity contribution is -0.126. The van der Waals surface area contributed by atoms with Crippen LogP contribution in [0.4, 0.5) is 5.69 Å². The Morgan fingerprint density at radius 1 is 1.12 bits per heavy atom. The van der Waals surface area contributed by atoms with E-state index >= 15 is 0 Å². The van der Waals surface area contributed by atoms with Crippen LogP contribution < -0.4 is 10.2 Å². The number of amides is 1. The molecule has 9 heteroatoms. The fraction of sp³-hybridized carbons (Fsp3) is 0.560. The first-order valence-electron chi connectivity index (χ1n) is 12.2. The summed E-state index contributed by atoms with van der Waals surface area (Å²) in [5, 5.41) is 12.9. The molecule has 1 aromatic carbocycles. The maximum atomic E-state index is 12.9. The van der Waals surface area contributed by atoms with Crippen molar-refractivity contribution < 1.29 is 13.2 Å². The molecule has 0 spiro atoms. The van der Waals surface area contributed by atoms with Crippen molar-refractivity contribution in [1.82, 2.24) is 10.3 Å². The van der Waals surface area contributed by atoms with Crippen molar-refractivity contribution in [2.24, 2.45) is 5.92 Å². The van der Waals surface area contributed by atoms with Gasteiger partial charge in [0.2, 0.25) is 5.91 Å². The van der Waals surface area contributed by atoms with Gasteiger partial charge in [0.15, 0.2) is 9.84 Å². The molecular formula is C25H30N4O3S2. The molecule has 0 radical (unpaired) electrons. The number of anilines is 1. The Labute approximate surface area is 205 Å². The number of hydrogen-bond donors (Lipinski definition) is 1. The highest BCUT2D eigenvalue weighted by Gasteiger charge is 2.37. The number of nitrogens with zero attached hydrogens (tertiary/aromatic N) is 3. The Morgan fingerprint density at radius 3 is 2.50 bits per heavy atom. The number of sulfone groups is 1. The van der Waals surface area contributed by atoms with Crippen LogP contribution in [0.3, 0.4) is 0 Å². The Bertz CT molecular complexity index is 1180. The Kier molecular flexibility index (Phi) is 6.63. The van der Waals surface area contributed by atoms with Gasteiger partial charge in [0.25, 0.3) is 0 Å². The number of carbonyl (C=O) groups excluding carboxylic acids is 1. The molecule has 1 aliphatic heterocycles. The molecule has 2 unspecified atom stereocenters. The zero-order valence-corrected chi connectivity index (χ0v) is 20.8. The molecule has 2 heterocycles. The van der Waals surface area contributed by atoms with Gasteiger partial charge in [-0.05, 0) is 43.4 Å². The Balaban J connectivity index is 1.43. The van der Waals surface area contributed by atoms with Crippen LogP contribution in [0.2, 0.25) is 0 Å². The molecule has 0 bridgehead atoms. The molecule has 1 saturated heterocycles. The molecule has 2 aromatic rings. The van der Waals surface area contributed by atoms with Crippen molar-refractivity contribution in [3.05, 3.63) is 35.0 Å². The van der Waals surface area contributed by atoms with Crippen LogP contribution in [0.1, 0.15) is 61.1 Å². The summed E-state index contributed by atoms with van der Waals surface area (Å²) in [7, 11) is -2.91. The number of nitrogens with one attached hydrogen (secondary N) is 1. The number of carbonyl (C=O) groups is 1. The summed E-state index contributed by atoms with van der Waals surface area (Å²) in [5.74, 6) is 0.836. The van der Waals surface area contributed by atoms with E-state index in [0.29, 0.717) is 19.0 Å². The molecule has 180 valence electrons. The molecule has 1 N–H and O–H groups in total. The predicted octanol–water partition coefficient (Wildman–Crippen LogP) is 3.84. The smallest absolute Gasteiger partial charge is 0.224 e. The average Bonchev–Trinajstić information content (AvgIpc) is 3.61. The van der Waals surface area contributed by atoms with Gasteiger partial charge in [0.1, 0.15) is 6.54 Å². The molecule has 3 fully saturated rings. The van der Waals surface area contributed by atoms with Gasteiger partial charge in [-0.25, -0.2) is 13.4 Å². The van der Waals surface area contributed by atoms with Crippen molar-refractivity contribution in [1.29, 1.82) is 5.26 Å². The number of aromatic nitrogens is 1. The first-order valence-corrected chi connectivity index (χ1v) is 14.8. The lowest BCUT2D eigenvalue weighted by Gasteiger charge is -2.30. The maximum absolute atomic E-state index is 12.9. The van der Waals surface area contributed by atoms with Gasteiger partial charge >= 0.3 is 0 Å². The van der Waals surface area contributed by atoms with Gasteiger partial charge in [-0.1, -0.05) is 25.0 Å². The van der Waals surface area contributed by atoms with Gasteiger partial charge in [-0.15, -0.1) is 11.3 Å². The predicted molar refractivity (Wildman–Crippen MR) is 134 cm³/mol. The number of nitriles is 1. The van der Waals surface area contributed by atoms with Crippen molar-refractivity contribution in [2.75, 3.05) is 36.0 Å². The normalized spacial score (nSPS) is 24.4. The van der Waals surface area contributed by atoms with E-state index in [9.17, 15) is 13.2 Å². The summed E-state index contributed by atoms with van der Waals surface area (Å²) in [6.45, 7) is 1.10. The fourth-order valence-electron chi connectivity index (χ4n) is 5.14. The molecule has 1 amide bonds. The molecule has 1 aromatic heterocycles. The van der Waals surface area contributed by atoms with Gasteiger partial charge in [0, 0.05) is 36.5 Å². The minimum Gasteiger partial charge on any atom is -0.369 e. The molecule has 34 heavy (non-hydrogen) atoms. The lowest BCUT2D eigenvalue weighted by atomic mass is 9.76. The van der Waals surface area contributed by atoms with E-state index in [-0.39, 0.29) is 35.8 Å². The van der Waals surface area contributed by atoms with E-state index in [0.717, 1.165) is 47.5 Å². The monoisotopic (exact) mass is 498 g/mol. The SMILES string of the molecule is N#CCNC(=O)C1CCCCC1c1nc(C2CC2)sc1-c1ccc(N2CCS(=O)(=O)CC2)cc1. The van der Waals surface area contributed by atoms with Crippen molar-refractivity contribution in [2.45, 2.75) is 50.4 Å². The van der Waals surface area contributed by atoms with Crippen LogP contribution in [-0.2, 0) is 14.6 Å². The standard InChI is InChI=1S/C25H30N4O3S2/c26-11-12-27-24(30)21-4-2-1-3-20(21)22-23(33-25(28-22)18-5-6-18)17-7-9-19(10-8-17)29-13-15-34(31,32)16-14-29/h7-10,18,20-21H,1-6,12-16H2,(H,27,30). The van der Waals surface area contributed by atoms with Crippen LogP contribution in [-0.4, -0.2) is 50.4 Å². The summed E-state index contributed by atoms with van der Waals surface area (Å²) in [6, 6.07) is 10.4. The third-order valence-electron chi connectivity index (χ3n) is 7.23. The van der Waals surface area contributed by atoms with Crippen LogP contribution >= 0.6 is 11.3 Å². The molecule has 2 saturated carbocycles. The first-order chi connectivity index (χ1) is 16.4.